The number of aliphatic hydroxyl groups is 3. The molecule has 1 aromatic carbocycles. The Hall–Kier alpha value is -2.16. The van der Waals surface area contributed by atoms with Gasteiger partial charge in [0.25, 0.3) is 0 Å². The van der Waals surface area contributed by atoms with Crippen LogP contribution in [-0.2, 0) is 33.2 Å². The number of unbranched alkanes of at least 4 members (excludes halogenated alkanes) is 14. The molecule has 5 aliphatic carbocycles. The highest BCUT2D eigenvalue weighted by Gasteiger charge is 2.92. The molecule has 2 unspecified atom stereocenters. The van der Waals surface area contributed by atoms with Gasteiger partial charge >= 0.3 is 11.9 Å². The van der Waals surface area contributed by atoms with E-state index in [0.717, 1.165) is 19.3 Å². The number of hydrogen-bond acceptors (Lipinski definition) is 12. The molecule has 61 heavy (non-hydrogen) atoms. The lowest BCUT2D eigenvalue weighted by Crippen LogP contribution is -2.81. The summed E-state index contributed by atoms with van der Waals surface area (Å²) in [5.41, 5.74) is -4.83. The number of hydrogen-bond donors (Lipinski definition) is 3. The minimum atomic E-state index is -1.84. The van der Waals surface area contributed by atoms with E-state index >= 15 is 0 Å². The first-order chi connectivity index (χ1) is 29.5. The lowest BCUT2D eigenvalue weighted by Gasteiger charge is -2.70. The van der Waals surface area contributed by atoms with Crippen LogP contribution in [0.1, 0.15) is 133 Å². The standard InChI is InChI=1S/C49H77NO11/c1-7-8-9-10-11-12-13-14-15-16-17-18-19-20-24-27-36(52)61-49-37-33(29-47(55,44(59-6)42(49)53)43(37)60-45(54)32-25-22-21-23-26-32)48-35(57-4)28-34(51)46(31-56-3)30-50(2)41(48)38(49)39(58-5)40(46)48/h21-23,25-26,33-35,37-44,51,53,55H,7-20,24,27-31H2,1-6H3/t33-,34-,35?,37-,38+,39+,40-,41-,42?,43-,44+,46+,47+,48+,49-/m1/s1. The third kappa shape index (κ3) is 7.62. The lowest BCUT2D eigenvalue weighted by molar-refractivity contribution is -0.321. The number of carbonyl (C=O) groups excluding carboxylic acids is 2. The van der Waals surface area contributed by atoms with Gasteiger partial charge in [0.05, 0.1) is 30.5 Å². The Kier molecular flexibility index (Phi) is 15.0. The molecule has 12 nitrogen and oxygen atoms in total. The van der Waals surface area contributed by atoms with Gasteiger partial charge in [0.1, 0.15) is 23.9 Å². The van der Waals surface area contributed by atoms with Gasteiger partial charge in [0, 0.05) is 82.5 Å². The average molecular weight is 856 g/mol. The molecule has 3 N–H and O–H groups in total. The van der Waals surface area contributed by atoms with E-state index in [9.17, 15) is 24.9 Å². The van der Waals surface area contributed by atoms with Crippen molar-refractivity contribution in [1.82, 2.24) is 4.90 Å². The summed E-state index contributed by atoms with van der Waals surface area (Å²) in [6, 6.07) is 8.29. The van der Waals surface area contributed by atoms with Gasteiger partial charge in [0.2, 0.25) is 0 Å². The number of methoxy groups -OCH3 is 4. The van der Waals surface area contributed by atoms with Gasteiger partial charge < -0.3 is 48.6 Å². The van der Waals surface area contributed by atoms with Crippen molar-refractivity contribution in [3.63, 3.8) is 0 Å². The van der Waals surface area contributed by atoms with Crippen molar-refractivity contribution in [1.29, 1.82) is 0 Å². The molecule has 6 fully saturated rings. The SMILES string of the molecule is CCCCCCCCCCCCCCCCCC(=O)O[C@]12C(O)[C@H](OC)[C@]3(O)C[C@H]([C@@H]1[C@H]3OC(=O)c1ccccc1)[C@@]13C(OC)C[C@@H](O)[C@@]4(COC)CN(C)[C@@H]1[C@@H]2[C@H](OC)[C@H]43. The first kappa shape index (κ1) is 46.8. The summed E-state index contributed by atoms with van der Waals surface area (Å²) in [5, 5.41) is 38.2. The molecule has 1 aliphatic heterocycles. The minimum Gasteiger partial charge on any atom is -0.455 e. The lowest BCUT2D eigenvalue weighted by atomic mass is 9.42. The average Bonchev–Trinajstić information content (AvgIpc) is 3.64. The van der Waals surface area contributed by atoms with Crippen LogP contribution in [0.5, 0.6) is 0 Å². The van der Waals surface area contributed by atoms with Gasteiger partial charge in [-0.3, -0.25) is 4.79 Å². The zero-order chi connectivity index (χ0) is 43.6. The third-order valence-electron chi connectivity index (χ3n) is 16.8. The molecule has 12 heteroatoms. The van der Waals surface area contributed by atoms with Crippen LogP contribution in [0.2, 0.25) is 0 Å². The summed E-state index contributed by atoms with van der Waals surface area (Å²) >= 11 is 0. The van der Waals surface area contributed by atoms with Crippen LogP contribution in [0.25, 0.3) is 0 Å². The molecule has 6 aliphatic rings. The highest BCUT2D eigenvalue weighted by molar-refractivity contribution is 5.89. The molecule has 1 heterocycles. The van der Waals surface area contributed by atoms with Gasteiger partial charge in [-0.05, 0) is 37.9 Å². The molecule has 7 bridgehead atoms. The van der Waals surface area contributed by atoms with Gasteiger partial charge in [0.15, 0.2) is 5.60 Å². The van der Waals surface area contributed by atoms with Crippen LogP contribution in [0.3, 0.4) is 0 Å². The molecule has 344 valence electrons. The second-order valence-corrected chi connectivity index (χ2v) is 19.9. The summed E-state index contributed by atoms with van der Waals surface area (Å²) in [7, 11) is 8.40. The van der Waals surface area contributed by atoms with E-state index in [0.29, 0.717) is 24.9 Å². The summed E-state index contributed by atoms with van der Waals surface area (Å²) in [6.07, 6.45) is 12.8. The van der Waals surface area contributed by atoms with Crippen molar-refractivity contribution in [3.05, 3.63) is 35.9 Å². The van der Waals surface area contributed by atoms with Crippen molar-refractivity contribution in [3.8, 4) is 0 Å². The summed E-state index contributed by atoms with van der Waals surface area (Å²) in [5.74, 6) is -3.48. The second kappa shape index (κ2) is 19.5. The van der Waals surface area contributed by atoms with Gasteiger partial charge in [-0.2, -0.15) is 0 Å². The van der Waals surface area contributed by atoms with E-state index in [1.807, 2.05) is 13.1 Å². The zero-order valence-corrected chi connectivity index (χ0v) is 37.9. The Morgan fingerprint density at radius 3 is 1.95 bits per heavy atom. The predicted octanol–water partition coefficient (Wildman–Crippen LogP) is 6.50. The first-order valence-corrected chi connectivity index (χ1v) is 23.8. The van der Waals surface area contributed by atoms with Crippen molar-refractivity contribution in [2.45, 2.75) is 176 Å². The molecular weight excluding hydrogens is 779 g/mol. The predicted molar refractivity (Wildman–Crippen MR) is 230 cm³/mol. The number of aliphatic hydroxyl groups excluding tert-OH is 2. The van der Waals surface area contributed by atoms with Crippen molar-refractivity contribution >= 4 is 11.9 Å². The largest absolute Gasteiger partial charge is 0.455 e. The third-order valence-corrected chi connectivity index (χ3v) is 16.8. The van der Waals surface area contributed by atoms with Crippen LogP contribution in [0, 0.1) is 34.5 Å². The van der Waals surface area contributed by atoms with Crippen molar-refractivity contribution in [2.75, 3.05) is 48.6 Å². The fourth-order valence-electron chi connectivity index (χ4n) is 14.8. The number of fused-ring (bicyclic) bond motifs is 2. The quantitative estimate of drug-likeness (QED) is 0.0769. The first-order valence-electron chi connectivity index (χ1n) is 23.8. The maximum atomic E-state index is 14.5. The number of piperidine rings is 1. The number of esters is 2. The normalized spacial score (nSPS) is 40.6. The molecule has 5 saturated carbocycles. The molecule has 1 aromatic rings. The smallest absolute Gasteiger partial charge is 0.338 e. The Morgan fingerprint density at radius 2 is 1.39 bits per heavy atom. The number of carbonyl (C=O) groups is 2. The summed E-state index contributed by atoms with van der Waals surface area (Å²) in [6.45, 7) is 2.98. The summed E-state index contributed by atoms with van der Waals surface area (Å²) < 4.78 is 38.5. The Bertz CT molecular complexity index is 1620. The molecule has 15 atom stereocenters. The van der Waals surface area contributed by atoms with E-state index in [1.54, 1.807) is 45.6 Å². The van der Waals surface area contributed by atoms with E-state index < -0.39 is 88.3 Å². The van der Waals surface area contributed by atoms with E-state index in [2.05, 4.69) is 11.8 Å². The topological polar surface area (TPSA) is 153 Å². The number of rotatable bonds is 24. The van der Waals surface area contributed by atoms with Crippen molar-refractivity contribution < 1.29 is 53.3 Å². The van der Waals surface area contributed by atoms with Crippen molar-refractivity contribution in [2.24, 2.45) is 34.5 Å². The fourth-order valence-corrected chi connectivity index (χ4v) is 14.8. The number of likely N-dealkylation sites (tertiary alicyclic amines) is 1. The highest BCUT2D eigenvalue weighted by Crippen LogP contribution is 2.80. The number of nitrogens with zero attached hydrogens (tertiary/aromatic N) is 1. The van der Waals surface area contributed by atoms with Crippen LogP contribution in [0.4, 0.5) is 0 Å². The highest BCUT2D eigenvalue weighted by atomic mass is 16.6. The molecule has 0 radical (unpaired) electrons. The monoisotopic (exact) mass is 856 g/mol. The number of ether oxygens (including phenoxy) is 6. The fraction of sp³-hybridized carbons (Fsp3) is 0.837. The van der Waals surface area contributed by atoms with Gasteiger partial charge in [-0.25, -0.2) is 4.79 Å². The summed E-state index contributed by atoms with van der Waals surface area (Å²) in [4.78, 5) is 30.8. The van der Waals surface area contributed by atoms with Crippen LogP contribution in [0.15, 0.2) is 30.3 Å². The second-order valence-electron chi connectivity index (χ2n) is 19.9. The molecule has 0 aromatic heterocycles. The van der Waals surface area contributed by atoms with Crippen LogP contribution in [-0.4, -0.2) is 135 Å². The van der Waals surface area contributed by atoms with Crippen LogP contribution >= 0.6 is 0 Å². The van der Waals surface area contributed by atoms with E-state index in [-0.39, 0.29) is 31.4 Å². The van der Waals surface area contributed by atoms with E-state index in [1.165, 1.54) is 77.7 Å². The Morgan fingerprint density at radius 1 is 0.787 bits per heavy atom. The Labute approximate surface area is 364 Å². The van der Waals surface area contributed by atoms with Gasteiger partial charge in [-0.1, -0.05) is 115 Å². The molecule has 1 saturated heterocycles. The maximum absolute atomic E-state index is 14.5. The molecular formula is C49H77NO11. The van der Waals surface area contributed by atoms with E-state index in [4.69, 9.17) is 28.4 Å². The van der Waals surface area contributed by atoms with Gasteiger partial charge in [-0.15, -0.1) is 0 Å². The molecule has 0 amide bonds. The van der Waals surface area contributed by atoms with Crippen LogP contribution < -0.4 is 0 Å². The zero-order valence-electron chi connectivity index (χ0n) is 37.9. The number of benzene rings is 1. The minimum absolute atomic E-state index is 0.0847. The Balaban J connectivity index is 1.16. The molecule has 1 spiro atoms. The maximum Gasteiger partial charge on any atom is 0.338 e. The molecule has 7 rings (SSSR count).